The average molecular weight is 331 g/mol. The van der Waals surface area contributed by atoms with Crippen molar-refractivity contribution in [3.8, 4) is 0 Å². The van der Waals surface area contributed by atoms with Crippen molar-refractivity contribution in [3.63, 3.8) is 0 Å². The molecule has 2 N–H and O–H groups in total. The van der Waals surface area contributed by atoms with Crippen molar-refractivity contribution < 1.29 is 4.79 Å². The molecule has 116 valence electrons. The van der Waals surface area contributed by atoms with Gasteiger partial charge in [-0.3, -0.25) is 4.79 Å². The highest BCUT2D eigenvalue weighted by molar-refractivity contribution is 6.37. The first-order valence-electron chi connectivity index (χ1n) is 7.22. The van der Waals surface area contributed by atoms with Gasteiger partial charge in [-0.1, -0.05) is 37.0 Å². The van der Waals surface area contributed by atoms with Crippen molar-refractivity contribution in [1.82, 2.24) is 10.3 Å². The van der Waals surface area contributed by atoms with Crippen molar-refractivity contribution in [2.24, 2.45) is 0 Å². The molecule has 0 spiro atoms. The van der Waals surface area contributed by atoms with E-state index in [4.69, 9.17) is 23.2 Å². The van der Waals surface area contributed by atoms with Gasteiger partial charge in [-0.05, 0) is 18.9 Å². The van der Waals surface area contributed by atoms with Crippen LogP contribution in [0.5, 0.6) is 0 Å². The number of nitrogens with one attached hydrogen (secondary N) is 2. The first-order chi connectivity index (χ1) is 10.1. The molecule has 1 fully saturated rings. The summed E-state index contributed by atoms with van der Waals surface area (Å²) >= 11 is 12.5. The molecule has 5 nitrogen and oxygen atoms in total. The molecule has 1 aliphatic heterocycles. The van der Waals surface area contributed by atoms with Crippen LogP contribution in [-0.4, -0.2) is 36.6 Å². The van der Waals surface area contributed by atoms with Crippen LogP contribution in [0.25, 0.3) is 0 Å². The highest BCUT2D eigenvalue weighted by Gasteiger charge is 2.30. The van der Waals surface area contributed by atoms with Crippen molar-refractivity contribution in [2.75, 3.05) is 29.9 Å². The van der Waals surface area contributed by atoms with Gasteiger partial charge in [0.05, 0.1) is 10.0 Å². The maximum atomic E-state index is 12.0. The third-order valence-corrected chi connectivity index (χ3v) is 4.01. The van der Waals surface area contributed by atoms with Gasteiger partial charge in [-0.2, -0.15) is 0 Å². The van der Waals surface area contributed by atoms with E-state index in [1.165, 1.54) is 0 Å². The number of hydrogen-bond acceptors (Lipinski definition) is 4. The zero-order valence-electron chi connectivity index (χ0n) is 12.2. The van der Waals surface area contributed by atoms with Gasteiger partial charge in [0.15, 0.2) is 5.82 Å². The first-order valence-corrected chi connectivity index (χ1v) is 7.98. The van der Waals surface area contributed by atoms with Crippen molar-refractivity contribution in [3.05, 3.63) is 16.1 Å². The van der Waals surface area contributed by atoms with E-state index in [9.17, 15) is 4.79 Å². The maximum absolute atomic E-state index is 12.0. The van der Waals surface area contributed by atoms with E-state index in [1.54, 1.807) is 6.07 Å². The minimum atomic E-state index is -0.246. The van der Waals surface area contributed by atoms with Crippen LogP contribution in [0.15, 0.2) is 6.07 Å². The number of pyridine rings is 1. The lowest BCUT2D eigenvalue weighted by molar-refractivity contribution is -0.123. The summed E-state index contributed by atoms with van der Waals surface area (Å²) in [7, 11) is 0. The first kappa shape index (κ1) is 16.2. The Morgan fingerprint density at radius 1 is 1.43 bits per heavy atom. The van der Waals surface area contributed by atoms with E-state index in [-0.39, 0.29) is 11.9 Å². The summed E-state index contributed by atoms with van der Waals surface area (Å²) in [6.45, 7) is 6.10. The molecule has 0 aliphatic carbocycles. The van der Waals surface area contributed by atoms with Crippen molar-refractivity contribution in [1.29, 1.82) is 0 Å². The minimum absolute atomic E-state index is 0.0136. The number of aromatic nitrogens is 1. The van der Waals surface area contributed by atoms with Crippen LogP contribution >= 0.6 is 23.2 Å². The maximum Gasteiger partial charge on any atom is 0.242 e. The number of piperazine rings is 1. The normalized spacial score (nSPS) is 18.6. The molecule has 0 aromatic carbocycles. The standard InChI is InChI=1S/C14H20Cl2N4O/c1-3-5-17-12-9(15)8-10(16)13(19-12)20-7-6-18-14(21)11(20)4-2/h8,11H,3-7H2,1-2H3,(H,17,19)(H,18,21). The summed E-state index contributed by atoms with van der Waals surface area (Å²) in [6, 6.07) is 1.44. The number of nitrogens with zero attached hydrogens (tertiary/aromatic N) is 2. The summed E-state index contributed by atoms with van der Waals surface area (Å²) in [4.78, 5) is 18.5. The zero-order valence-corrected chi connectivity index (χ0v) is 13.8. The van der Waals surface area contributed by atoms with Gasteiger partial charge in [0.25, 0.3) is 0 Å². The molecule has 1 atom stereocenters. The third kappa shape index (κ3) is 3.52. The Labute approximate surface area is 135 Å². The zero-order chi connectivity index (χ0) is 15.4. The molecule has 2 heterocycles. The minimum Gasteiger partial charge on any atom is -0.369 e. The smallest absolute Gasteiger partial charge is 0.242 e. The lowest BCUT2D eigenvalue weighted by Crippen LogP contribution is -2.55. The molecule has 7 heteroatoms. The molecule has 0 saturated carbocycles. The van der Waals surface area contributed by atoms with Crippen LogP contribution in [0.4, 0.5) is 11.6 Å². The van der Waals surface area contributed by atoms with Gasteiger partial charge in [0, 0.05) is 19.6 Å². The Kier molecular flexibility index (Phi) is 5.53. The predicted octanol–water partition coefficient (Wildman–Crippen LogP) is 2.93. The van der Waals surface area contributed by atoms with E-state index in [0.717, 1.165) is 13.0 Å². The molecule has 2 rings (SSSR count). The number of anilines is 2. The Balaban J connectivity index is 2.34. The molecule has 1 aliphatic rings. The Morgan fingerprint density at radius 2 is 2.19 bits per heavy atom. The Hall–Kier alpha value is -1.20. The number of rotatable bonds is 5. The van der Waals surface area contributed by atoms with Gasteiger partial charge in [-0.25, -0.2) is 4.98 Å². The molecule has 0 radical (unpaired) electrons. The highest BCUT2D eigenvalue weighted by Crippen LogP contribution is 2.33. The predicted molar refractivity (Wildman–Crippen MR) is 87.5 cm³/mol. The second-order valence-electron chi connectivity index (χ2n) is 4.96. The fourth-order valence-corrected chi connectivity index (χ4v) is 2.93. The molecular formula is C14H20Cl2N4O. The van der Waals surface area contributed by atoms with Crippen LogP contribution in [-0.2, 0) is 4.79 Å². The summed E-state index contributed by atoms with van der Waals surface area (Å²) in [6.07, 6.45) is 1.67. The molecule has 1 aromatic rings. The topological polar surface area (TPSA) is 57.3 Å². The van der Waals surface area contributed by atoms with Gasteiger partial charge in [0.2, 0.25) is 5.91 Å². The summed E-state index contributed by atoms with van der Waals surface area (Å²) in [5.74, 6) is 1.24. The van der Waals surface area contributed by atoms with Crippen LogP contribution in [0.3, 0.4) is 0 Å². The van der Waals surface area contributed by atoms with Gasteiger partial charge < -0.3 is 15.5 Å². The van der Waals surface area contributed by atoms with Gasteiger partial charge in [0.1, 0.15) is 11.9 Å². The highest BCUT2D eigenvalue weighted by atomic mass is 35.5. The number of hydrogen-bond donors (Lipinski definition) is 2. The lowest BCUT2D eigenvalue weighted by Gasteiger charge is -2.36. The lowest BCUT2D eigenvalue weighted by atomic mass is 10.1. The number of carbonyl (C=O) groups excluding carboxylic acids is 1. The average Bonchev–Trinajstić information content (AvgIpc) is 2.46. The molecule has 21 heavy (non-hydrogen) atoms. The van der Waals surface area contributed by atoms with Crippen molar-refractivity contribution in [2.45, 2.75) is 32.7 Å². The molecule has 1 unspecified atom stereocenters. The monoisotopic (exact) mass is 330 g/mol. The quantitative estimate of drug-likeness (QED) is 0.871. The second-order valence-corrected chi connectivity index (χ2v) is 5.77. The van der Waals surface area contributed by atoms with Gasteiger partial charge in [-0.15, -0.1) is 0 Å². The molecular weight excluding hydrogens is 311 g/mol. The van der Waals surface area contributed by atoms with E-state index in [1.807, 2.05) is 11.8 Å². The van der Waals surface area contributed by atoms with Gasteiger partial charge >= 0.3 is 0 Å². The largest absolute Gasteiger partial charge is 0.369 e. The number of halogens is 2. The number of carbonyl (C=O) groups is 1. The van der Waals surface area contributed by atoms with E-state index in [2.05, 4.69) is 22.5 Å². The second kappa shape index (κ2) is 7.18. The van der Waals surface area contributed by atoms with Crippen LogP contribution in [0, 0.1) is 0 Å². The molecule has 1 amide bonds. The fraction of sp³-hybridized carbons (Fsp3) is 0.571. The molecule has 1 saturated heterocycles. The van der Waals surface area contributed by atoms with Crippen LogP contribution in [0.2, 0.25) is 10.0 Å². The van der Waals surface area contributed by atoms with E-state index in [0.29, 0.717) is 41.2 Å². The Morgan fingerprint density at radius 3 is 2.86 bits per heavy atom. The SMILES string of the molecule is CCCNc1nc(N2CCNC(=O)C2CC)c(Cl)cc1Cl. The Bertz CT molecular complexity index is 524. The number of amides is 1. The van der Waals surface area contributed by atoms with Crippen LogP contribution in [0.1, 0.15) is 26.7 Å². The van der Waals surface area contributed by atoms with Crippen LogP contribution < -0.4 is 15.5 Å². The molecule has 1 aromatic heterocycles. The van der Waals surface area contributed by atoms with E-state index >= 15 is 0 Å². The summed E-state index contributed by atoms with van der Waals surface area (Å²) in [5.41, 5.74) is 0. The summed E-state index contributed by atoms with van der Waals surface area (Å²) < 4.78 is 0. The summed E-state index contributed by atoms with van der Waals surface area (Å²) in [5, 5.41) is 7.01. The third-order valence-electron chi connectivity index (χ3n) is 3.44. The van der Waals surface area contributed by atoms with Crippen molar-refractivity contribution >= 4 is 40.7 Å². The molecule has 0 bridgehead atoms. The van der Waals surface area contributed by atoms with E-state index < -0.39 is 0 Å². The fourth-order valence-electron chi connectivity index (χ4n) is 2.40.